The highest BCUT2D eigenvalue weighted by molar-refractivity contribution is 5.92. The molecule has 5 rings (SSSR count). The fraction of sp³-hybridized carbons (Fsp3) is 0.286. The van der Waals surface area contributed by atoms with Gasteiger partial charge in [-0.05, 0) is 44.0 Å². The van der Waals surface area contributed by atoms with Crippen LogP contribution >= 0.6 is 0 Å². The molecule has 1 unspecified atom stereocenters. The zero-order valence-corrected chi connectivity index (χ0v) is 16.0. The number of fused-ring (bicyclic) bond motifs is 1. The molecule has 0 radical (unpaired) electrons. The van der Waals surface area contributed by atoms with Crippen LogP contribution in [0.1, 0.15) is 30.3 Å². The quantitative estimate of drug-likeness (QED) is 0.553. The number of hydrogen-bond donors (Lipinski definition) is 0. The van der Waals surface area contributed by atoms with Crippen molar-refractivity contribution in [1.82, 2.24) is 28.9 Å². The van der Waals surface area contributed by atoms with Crippen LogP contribution in [-0.4, -0.2) is 47.4 Å². The lowest BCUT2D eigenvalue weighted by Gasteiger charge is -2.19. The van der Waals surface area contributed by atoms with Gasteiger partial charge in [0.25, 0.3) is 5.91 Å². The molecule has 1 aliphatic heterocycles. The van der Waals surface area contributed by atoms with Gasteiger partial charge in [-0.15, -0.1) is 0 Å². The van der Waals surface area contributed by atoms with Gasteiger partial charge in [0, 0.05) is 54.9 Å². The van der Waals surface area contributed by atoms with E-state index in [-0.39, 0.29) is 11.9 Å². The van der Waals surface area contributed by atoms with Crippen LogP contribution in [0, 0.1) is 0 Å². The number of aromatic nitrogens is 5. The first-order valence-corrected chi connectivity index (χ1v) is 9.57. The predicted octanol–water partition coefficient (Wildman–Crippen LogP) is 3.15. The number of carbonyl (C=O) groups is 1. The van der Waals surface area contributed by atoms with Gasteiger partial charge in [0.1, 0.15) is 5.82 Å². The maximum atomic E-state index is 12.8. The van der Waals surface area contributed by atoms with Crippen LogP contribution in [0.4, 0.5) is 0 Å². The van der Waals surface area contributed by atoms with Crippen LogP contribution < -0.4 is 0 Å². The molecule has 0 bridgehead atoms. The fourth-order valence-corrected chi connectivity index (χ4v) is 3.96. The number of nitrogens with zero attached hydrogens (tertiary/aromatic N) is 6. The van der Waals surface area contributed by atoms with Gasteiger partial charge in [-0.25, -0.2) is 4.68 Å². The van der Waals surface area contributed by atoms with Crippen LogP contribution in [-0.2, 0) is 7.05 Å². The van der Waals surface area contributed by atoms with Crippen molar-refractivity contribution < 1.29 is 4.79 Å². The minimum Gasteiger partial charge on any atom is -0.335 e. The van der Waals surface area contributed by atoms with Gasteiger partial charge in [-0.1, -0.05) is 6.07 Å². The molecular formula is C21H22N6O. The van der Waals surface area contributed by atoms with E-state index in [4.69, 9.17) is 0 Å². The summed E-state index contributed by atoms with van der Waals surface area (Å²) < 4.78 is 5.65. The monoisotopic (exact) mass is 374 g/mol. The normalized spacial score (nSPS) is 16.9. The zero-order valence-electron chi connectivity index (χ0n) is 16.0. The Morgan fingerprint density at radius 1 is 1.11 bits per heavy atom. The molecule has 5 heterocycles. The zero-order chi connectivity index (χ0) is 19.3. The Labute approximate surface area is 162 Å². The van der Waals surface area contributed by atoms with Crippen molar-refractivity contribution in [3.63, 3.8) is 0 Å². The highest BCUT2D eigenvalue weighted by atomic mass is 16.2. The standard InChI is InChI=1S/C21H22N6O/c1-15-4-3-10-25(15)21(28)19-9-11-27(23-19)20-8-7-18-6-5-16(14-26(18)20)17-12-22-24(2)13-17/h5-9,11-15H,3-4,10H2,1-2H3. The van der Waals surface area contributed by atoms with Crippen molar-refractivity contribution in [1.29, 1.82) is 0 Å². The number of hydrogen-bond acceptors (Lipinski definition) is 3. The molecule has 28 heavy (non-hydrogen) atoms. The Hall–Kier alpha value is -3.35. The number of carbonyl (C=O) groups excluding carboxylic acids is 1. The van der Waals surface area contributed by atoms with Crippen molar-refractivity contribution in [2.45, 2.75) is 25.8 Å². The average Bonchev–Trinajstić information content (AvgIpc) is 3.47. The first-order chi connectivity index (χ1) is 13.6. The summed E-state index contributed by atoms with van der Waals surface area (Å²) in [7, 11) is 1.91. The smallest absolute Gasteiger partial charge is 0.274 e. The minimum absolute atomic E-state index is 0.0145. The third-order valence-electron chi connectivity index (χ3n) is 5.52. The molecule has 0 aromatic carbocycles. The number of rotatable bonds is 3. The van der Waals surface area contributed by atoms with E-state index in [0.29, 0.717) is 5.69 Å². The first kappa shape index (κ1) is 16.8. The van der Waals surface area contributed by atoms with E-state index in [2.05, 4.69) is 39.9 Å². The van der Waals surface area contributed by atoms with E-state index in [1.54, 1.807) is 15.4 Å². The molecule has 1 fully saturated rings. The van der Waals surface area contributed by atoms with E-state index < -0.39 is 0 Å². The van der Waals surface area contributed by atoms with E-state index in [9.17, 15) is 4.79 Å². The molecule has 1 saturated heterocycles. The maximum Gasteiger partial charge on any atom is 0.274 e. The third kappa shape index (κ3) is 2.70. The molecule has 4 aromatic heterocycles. The summed E-state index contributed by atoms with van der Waals surface area (Å²) >= 11 is 0. The summed E-state index contributed by atoms with van der Waals surface area (Å²) in [6.07, 6.45) is 9.90. The van der Waals surface area contributed by atoms with E-state index in [0.717, 1.165) is 41.8 Å². The topological polar surface area (TPSA) is 60.4 Å². The Bertz CT molecular complexity index is 1170. The second kappa shape index (κ2) is 6.37. The van der Waals surface area contributed by atoms with Gasteiger partial charge in [-0.3, -0.25) is 9.48 Å². The van der Waals surface area contributed by atoms with Gasteiger partial charge < -0.3 is 9.30 Å². The SMILES string of the molecule is CC1CCCN1C(=O)c1ccn(-c2ccc3ccc(-c4cnn(C)c4)cn23)n1. The van der Waals surface area contributed by atoms with Crippen LogP contribution in [0.5, 0.6) is 0 Å². The molecule has 142 valence electrons. The molecule has 7 heteroatoms. The summed E-state index contributed by atoms with van der Waals surface area (Å²) in [6.45, 7) is 2.91. The average molecular weight is 374 g/mol. The van der Waals surface area contributed by atoms with Crippen LogP contribution in [0.25, 0.3) is 22.5 Å². The lowest BCUT2D eigenvalue weighted by Crippen LogP contribution is -2.33. The molecule has 0 N–H and O–H groups in total. The Morgan fingerprint density at radius 2 is 1.96 bits per heavy atom. The van der Waals surface area contributed by atoms with Crippen molar-refractivity contribution in [3.05, 3.63) is 60.8 Å². The molecule has 7 nitrogen and oxygen atoms in total. The molecular weight excluding hydrogens is 352 g/mol. The highest BCUT2D eigenvalue weighted by Crippen LogP contribution is 2.23. The Balaban J connectivity index is 1.51. The number of aryl methyl sites for hydroxylation is 1. The Kier molecular flexibility index (Phi) is 3.82. The van der Waals surface area contributed by atoms with E-state index >= 15 is 0 Å². The van der Waals surface area contributed by atoms with Crippen LogP contribution in [0.15, 0.2) is 55.1 Å². The summed E-state index contributed by atoms with van der Waals surface area (Å²) in [6, 6.07) is 10.3. The fourth-order valence-electron chi connectivity index (χ4n) is 3.96. The number of likely N-dealkylation sites (tertiary alicyclic amines) is 1. The summed E-state index contributed by atoms with van der Waals surface area (Å²) in [4.78, 5) is 14.7. The summed E-state index contributed by atoms with van der Waals surface area (Å²) in [5.74, 6) is 0.912. The molecule has 1 aliphatic rings. The van der Waals surface area contributed by atoms with Crippen molar-refractivity contribution in [2.75, 3.05) is 6.54 Å². The molecule has 1 amide bonds. The number of pyridine rings is 1. The van der Waals surface area contributed by atoms with Crippen molar-refractivity contribution >= 4 is 11.4 Å². The first-order valence-electron chi connectivity index (χ1n) is 9.57. The largest absolute Gasteiger partial charge is 0.335 e. The van der Waals surface area contributed by atoms with Gasteiger partial charge in [-0.2, -0.15) is 10.2 Å². The second-order valence-electron chi connectivity index (χ2n) is 7.44. The van der Waals surface area contributed by atoms with Gasteiger partial charge >= 0.3 is 0 Å². The maximum absolute atomic E-state index is 12.8. The van der Waals surface area contributed by atoms with E-state index in [1.165, 1.54) is 0 Å². The van der Waals surface area contributed by atoms with Crippen LogP contribution in [0.3, 0.4) is 0 Å². The number of amides is 1. The second-order valence-corrected chi connectivity index (χ2v) is 7.44. The Morgan fingerprint density at radius 3 is 2.71 bits per heavy atom. The lowest BCUT2D eigenvalue weighted by atomic mass is 10.1. The van der Waals surface area contributed by atoms with Gasteiger partial charge in [0.2, 0.25) is 0 Å². The molecule has 1 atom stereocenters. The third-order valence-corrected chi connectivity index (χ3v) is 5.52. The molecule has 4 aromatic rings. The molecule has 0 aliphatic carbocycles. The van der Waals surface area contributed by atoms with Crippen molar-refractivity contribution in [2.24, 2.45) is 7.05 Å². The minimum atomic E-state index is 0.0145. The molecule has 0 spiro atoms. The van der Waals surface area contributed by atoms with Gasteiger partial charge in [0.15, 0.2) is 5.69 Å². The summed E-state index contributed by atoms with van der Waals surface area (Å²) in [5, 5.41) is 8.83. The predicted molar refractivity (Wildman–Crippen MR) is 106 cm³/mol. The van der Waals surface area contributed by atoms with Gasteiger partial charge in [0.05, 0.1) is 6.20 Å². The highest BCUT2D eigenvalue weighted by Gasteiger charge is 2.27. The van der Waals surface area contributed by atoms with E-state index in [1.807, 2.05) is 42.7 Å². The lowest BCUT2D eigenvalue weighted by molar-refractivity contribution is 0.0741. The van der Waals surface area contributed by atoms with Crippen LogP contribution in [0.2, 0.25) is 0 Å². The molecule has 0 saturated carbocycles. The summed E-state index contributed by atoms with van der Waals surface area (Å²) in [5.41, 5.74) is 3.70. The van der Waals surface area contributed by atoms with Crippen molar-refractivity contribution in [3.8, 4) is 16.9 Å².